The molecule has 0 radical (unpaired) electrons. The number of likely N-dealkylation sites (tertiary alicyclic amines) is 1. The van der Waals surface area contributed by atoms with Crippen molar-refractivity contribution >= 4 is 27.8 Å². The zero-order valence-corrected chi connectivity index (χ0v) is 21.6. The van der Waals surface area contributed by atoms with Gasteiger partial charge >= 0.3 is 0 Å². The summed E-state index contributed by atoms with van der Waals surface area (Å²) in [7, 11) is 5.70. The van der Waals surface area contributed by atoms with E-state index in [2.05, 4.69) is 69.2 Å². The van der Waals surface area contributed by atoms with E-state index in [1.54, 1.807) is 19.0 Å². The van der Waals surface area contributed by atoms with E-state index in [0.717, 1.165) is 54.6 Å². The highest BCUT2D eigenvalue weighted by molar-refractivity contribution is 5.96. The molecular formula is C30H32N6O. The number of H-pyrrole nitrogens is 1. The molecule has 0 aliphatic carbocycles. The number of nitrogens with one attached hydrogen (secondary N) is 1. The molecule has 6 rings (SSSR count). The molecule has 37 heavy (non-hydrogen) atoms. The number of hydrogen-bond donors (Lipinski definition) is 1. The quantitative estimate of drug-likeness (QED) is 0.366. The van der Waals surface area contributed by atoms with Crippen molar-refractivity contribution in [3.63, 3.8) is 0 Å². The topological polar surface area (TPSA) is 70.1 Å². The molecule has 1 aliphatic rings. The van der Waals surface area contributed by atoms with Crippen molar-refractivity contribution in [1.29, 1.82) is 0 Å². The number of aryl methyl sites for hydroxylation is 1. The Labute approximate surface area is 216 Å². The number of fused-ring (bicyclic) bond motifs is 2. The van der Waals surface area contributed by atoms with Gasteiger partial charge in [0.1, 0.15) is 5.65 Å². The van der Waals surface area contributed by atoms with E-state index >= 15 is 0 Å². The van der Waals surface area contributed by atoms with Crippen molar-refractivity contribution in [3.8, 4) is 11.1 Å². The zero-order valence-electron chi connectivity index (χ0n) is 21.6. The number of aromatic nitrogens is 4. The summed E-state index contributed by atoms with van der Waals surface area (Å²) in [5.74, 6) is 0.592. The summed E-state index contributed by atoms with van der Waals surface area (Å²) in [5.41, 5.74) is 7.81. The lowest BCUT2D eigenvalue weighted by molar-refractivity contribution is 0.0827. The summed E-state index contributed by atoms with van der Waals surface area (Å²) in [6.45, 7) is 3.03. The molecule has 1 aliphatic heterocycles. The lowest BCUT2D eigenvalue weighted by Crippen LogP contribution is -2.33. The third-order valence-corrected chi connectivity index (χ3v) is 7.79. The Morgan fingerprint density at radius 1 is 1.05 bits per heavy atom. The van der Waals surface area contributed by atoms with Crippen LogP contribution in [0.15, 0.2) is 67.0 Å². The lowest BCUT2D eigenvalue weighted by atomic mass is 9.89. The number of hydrogen-bond acceptors (Lipinski definition) is 4. The van der Waals surface area contributed by atoms with E-state index in [9.17, 15) is 4.79 Å². The normalized spacial score (nSPS) is 15.0. The molecule has 3 aromatic heterocycles. The first-order valence-electron chi connectivity index (χ1n) is 12.9. The highest BCUT2D eigenvalue weighted by atomic mass is 16.2. The van der Waals surface area contributed by atoms with Gasteiger partial charge in [-0.05, 0) is 84.9 Å². The highest BCUT2D eigenvalue weighted by Gasteiger charge is 2.22. The van der Waals surface area contributed by atoms with Gasteiger partial charge in [0.25, 0.3) is 5.91 Å². The first kappa shape index (κ1) is 23.4. The summed E-state index contributed by atoms with van der Waals surface area (Å²) >= 11 is 0. The van der Waals surface area contributed by atoms with Gasteiger partial charge in [0.05, 0.1) is 11.7 Å². The molecule has 4 heterocycles. The molecule has 1 N–H and O–H groups in total. The number of piperidine rings is 1. The van der Waals surface area contributed by atoms with Gasteiger partial charge < -0.3 is 9.47 Å². The van der Waals surface area contributed by atoms with Gasteiger partial charge in [-0.1, -0.05) is 18.2 Å². The van der Waals surface area contributed by atoms with Gasteiger partial charge in [0.15, 0.2) is 0 Å². The van der Waals surface area contributed by atoms with Crippen molar-refractivity contribution in [2.45, 2.75) is 25.3 Å². The summed E-state index contributed by atoms with van der Waals surface area (Å²) in [5, 5.41) is 9.49. The van der Waals surface area contributed by atoms with Gasteiger partial charge in [-0.3, -0.25) is 14.8 Å². The molecule has 1 amide bonds. The van der Waals surface area contributed by atoms with Crippen molar-refractivity contribution in [2.24, 2.45) is 7.05 Å². The Morgan fingerprint density at radius 2 is 1.84 bits per heavy atom. The smallest absolute Gasteiger partial charge is 0.253 e. The van der Waals surface area contributed by atoms with E-state index in [1.807, 2.05) is 24.5 Å². The summed E-state index contributed by atoms with van der Waals surface area (Å²) in [4.78, 5) is 21.1. The number of benzene rings is 2. The second-order valence-corrected chi connectivity index (χ2v) is 10.3. The Kier molecular flexibility index (Phi) is 6.00. The van der Waals surface area contributed by atoms with E-state index in [1.165, 1.54) is 27.8 Å². The average molecular weight is 493 g/mol. The standard InChI is InChI=1S/C30H32N6O/c1-34(2)30(37)22-6-4-20(5-7-22)21-11-14-36(15-12-21)19-25-17-27-26(10-13-31-29(27)35(25)3)23-8-9-28-24(16-23)18-32-33-28/h4-10,13,16-18,21H,11-12,14-15,19H2,1-3H3,(H,32,33). The van der Waals surface area contributed by atoms with E-state index in [4.69, 9.17) is 4.98 Å². The fraction of sp³-hybridized carbons (Fsp3) is 0.300. The van der Waals surface area contributed by atoms with Crippen LogP contribution in [0.5, 0.6) is 0 Å². The second kappa shape index (κ2) is 9.48. The molecule has 0 atom stereocenters. The van der Waals surface area contributed by atoms with Crippen LogP contribution < -0.4 is 0 Å². The number of carbonyl (C=O) groups is 1. The summed E-state index contributed by atoms with van der Waals surface area (Å²) in [6.07, 6.45) is 6.02. The van der Waals surface area contributed by atoms with Crippen LogP contribution in [0.25, 0.3) is 33.1 Å². The molecule has 1 saturated heterocycles. The van der Waals surface area contributed by atoms with E-state index < -0.39 is 0 Å². The van der Waals surface area contributed by atoms with Crippen LogP contribution in [0.2, 0.25) is 0 Å². The fourth-order valence-electron chi connectivity index (χ4n) is 5.59. The van der Waals surface area contributed by atoms with Crippen LogP contribution in [0.4, 0.5) is 0 Å². The van der Waals surface area contributed by atoms with Crippen molar-refractivity contribution in [3.05, 3.63) is 83.8 Å². The van der Waals surface area contributed by atoms with Crippen LogP contribution in [0.1, 0.15) is 40.4 Å². The van der Waals surface area contributed by atoms with Crippen molar-refractivity contribution in [1.82, 2.24) is 29.5 Å². The minimum atomic E-state index is 0.0519. The molecule has 0 saturated carbocycles. The molecule has 1 fully saturated rings. The predicted octanol–water partition coefficient (Wildman–Crippen LogP) is 5.20. The molecule has 0 spiro atoms. The number of pyridine rings is 1. The van der Waals surface area contributed by atoms with Crippen LogP contribution in [0, 0.1) is 0 Å². The van der Waals surface area contributed by atoms with Crippen LogP contribution in [-0.4, -0.2) is 62.6 Å². The molecular weight excluding hydrogens is 460 g/mol. The first-order chi connectivity index (χ1) is 18.0. The summed E-state index contributed by atoms with van der Waals surface area (Å²) < 4.78 is 2.24. The zero-order chi connectivity index (χ0) is 25.5. The molecule has 0 bridgehead atoms. The second-order valence-electron chi connectivity index (χ2n) is 10.3. The predicted molar refractivity (Wildman–Crippen MR) is 148 cm³/mol. The monoisotopic (exact) mass is 492 g/mol. The highest BCUT2D eigenvalue weighted by Crippen LogP contribution is 2.33. The molecule has 7 nitrogen and oxygen atoms in total. The van der Waals surface area contributed by atoms with Gasteiger partial charge in [-0.25, -0.2) is 4.98 Å². The molecule has 5 aromatic rings. The number of nitrogens with zero attached hydrogens (tertiary/aromatic N) is 5. The largest absolute Gasteiger partial charge is 0.345 e. The SMILES string of the molecule is CN(C)C(=O)c1ccc(C2CCN(Cc3cc4c(-c5ccc6[nH]ncc6c5)ccnc4n3C)CC2)cc1. The number of amides is 1. The number of carbonyl (C=O) groups excluding carboxylic acids is 1. The van der Waals surface area contributed by atoms with Gasteiger partial charge in [-0.2, -0.15) is 5.10 Å². The maximum absolute atomic E-state index is 12.2. The van der Waals surface area contributed by atoms with E-state index in [-0.39, 0.29) is 5.91 Å². The Morgan fingerprint density at radius 3 is 2.59 bits per heavy atom. The molecule has 188 valence electrons. The Bertz CT molecular complexity index is 1570. The molecule has 2 aromatic carbocycles. The Hall–Kier alpha value is -3.97. The van der Waals surface area contributed by atoms with Gasteiger partial charge in [0.2, 0.25) is 0 Å². The minimum absolute atomic E-state index is 0.0519. The number of rotatable bonds is 5. The maximum Gasteiger partial charge on any atom is 0.253 e. The molecule has 0 unspecified atom stereocenters. The van der Waals surface area contributed by atoms with Gasteiger partial charge in [-0.15, -0.1) is 0 Å². The van der Waals surface area contributed by atoms with E-state index in [0.29, 0.717) is 5.92 Å². The third kappa shape index (κ3) is 4.40. The third-order valence-electron chi connectivity index (χ3n) is 7.79. The van der Waals surface area contributed by atoms with Crippen LogP contribution in [-0.2, 0) is 13.6 Å². The summed E-state index contributed by atoms with van der Waals surface area (Å²) in [6, 6.07) is 19.0. The van der Waals surface area contributed by atoms with Gasteiger partial charge in [0, 0.05) is 55.9 Å². The maximum atomic E-state index is 12.2. The van der Waals surface area contributed by atoms with Crippen LogP contribution in [0.3, 0.4) is 0 Å². The van der Waals surface area contributed by atoms with Crippen LogP contribution >= 0.6 is 0 Å². The number of aromatic amines is 1. The minimum Gasteiger partial charge on any atom is -0.345 e. The Balaban J connectivity index is 1.17. The van der Waals surface area contributed by atoms with Crippen molar-refractivity contribution < 1.29 is 4.79 Å². The first-order valence-corrected chi connectivity index (χ1v) is 12.9. The average Bonchev–Trinajstić information content (AvgIpc) is 3.52. The fourth-order valence-corrected chi connectivity index (χ4v) is 5.59. The lowest BCUT2D eigenvalue weighted by Gasteiger charge is -2.32. The van der Waals surface area contributed by atoms with Crippen molar-refractivity contribution in [2.75, 3.05) is 27.2 Å². The molecule has 7 heteroatoms.